The van der Waals surface area contributed by atoms with Crippen LogP contribution in [0.5, 0.6) is 5.75 Å². The predicted molar refractivity (Wildman–Crippen MR) is 55.5 cm³/mol. The smallest absolute Gasteiger partial charge is 0.396 e. The normalized spacial score (nSPS) is 11.6. The van der Waals surface area contributed by atoms with Gasteiger partial charge in [-0.25, -0.2) is 0 Å². The topological polar surface area (TPSA) is 52.8 Å². The van der Waals surface area contributed by atoms with E-state index >= 15 is 0 Å². The molecule has 0 N–H and O–H groups in total. The highest BCUT2D eigenvalue weighted by molar-refractivity contribution is 5.37. The van der Waals surface area contributed by atoms with Crippen molar-refractivity contribution in [3.63, 3.8) is 0 Å². The molecule has 0 saturated carbocycles. The number of rotatable bonds is 3. The molecule has 2 rings (SSSR count). The van der Waals surface area contributed by atoms with Crippen LogP contribution < -0.4 is 4.74 Å². The van der Waals surface area contributed by atoms with E-state index in [2.05, 4.69) is 15.5 Å². The molecule has 0 aliphatic carbocycles. The second-order valence-electron chi connectivity index (χ2n) is 3.50. The standard InChI is InChI=1S/C10H9F3N4O/c1-18-8-4-2-7(3-5-8)17-9(14-15-16-17)6-10(11,12)13/h2-5H,6H2,1H3. The van der Waals surface area contributed by atoms with Crippen molar-refractivity contribution >= 4 is 0 Å². The Bertz CT molecular complexity index is 521. The summed E-state index contributed by atoms with van der Waals surface area (Å²) in [5, 5.41) is 10.2. The molecule has 18 heavy (non-hydrogen) atoms. The fourth-order valence-electron chi connectivity index (χ4n) is 1.42. The monoisotopic (exact) mass is 258 g/mol. The predicted octanol–water partition coefficient (Wildman–Crippen LogP) is 1.78. The molecule has 0 fully saturated rings. The Morgan fingerprint density at radius 3 is 2.44 bits per heavy atom. The highest BCUT2D eigenvalue weighted by atomic mass is 19.4. The number of alkyl halides is 3. The van der Waals surface area contributed by atoms with Gasteiger partial charge in [-0.05, 0) is 34.7 Å². The van der Waals surface area contributed by atoms with E-state index in [0.29, 0.717) is 11.4 Å². The van der Waals surface area contributed by atoms with Gasteiger partial charge in [0.2, 0.25) is 0 Å². The molecule has 0 saturated heterocycles. The Kier molecular flexibility index (Phi) is 3.17. The van der Waals surface area contributed by atoms with Gasteiger partial charge in [0.1, 0.15) is 12.2 Å². The lowest BCUT2D eigenvalue weighted by Crippen LogP contribution is -2.16. The second-order valence-corrected chi connectivity index (χ2v) is 3.50. The van der Waals surface area contributed by atoms with Crippen LogP contribution in [-0.2, 0) is 6.42 Å². The van der Waals surface area contributed by atoms with Gasteiger partial charge >= 0.3 is 6.18 Å². The summed E-state index contributed by atoms with van der Waals surface area (Å²) in [5.74, 6) is 0.344. The van der Waals surface area contributed by atoms with Crippen molar-refractivity contribution in [2.45, 2.75) is 12.6 Å². The SMILES string of the molecule is COc1ccc(-n2nnnc2CC(F)(F)F)cc1. The lowest BCUT2D eigenvalue weighted by Gasteiger charge is -2.07. The number of nitrogens with zero attached hydrogens (tertiary/aromatic N) is 4. The molecule has 0 atom stereocenters. The van der Waals surface area contributed by atoms with Gasteiger partial charge in [0, 0.05) is 0 Å². The van der Waals surface area contributed by atoms with Gasteiger partial charge in [-0.1, -0.05) is 0 Å². The van der Waals surface area contributed by atoms with Crippen molar-refractivity contribution in [3.05, 3.63) is 30.1 Å². The first-order valence-corrected chi connectivity index (χ1v) is 4.98. The molecule has 5 nitrogen and oxygen atoms in total. The van der Waals surface area contributed by atoms with Gasteiger partial charge < -0.3 is 4.74 Å². The number of hydrogen-bond acceptors (Lipinski definition) is 4. The van der Waals surface area contributed by atoms with Crippen molar-refractivity contribution in [1.82, 2.24) is 20.2 Å². The van der Waals surface area contributed by atoms with E-state index in [-0.39, 0.29) is 5.82 Å². The van der Waals surface area contributed by atoms with E-state index in [0.717, 1.165) is 4.68 Å². The van der Waals surface area contributed by atoms with Crippen LogP contribution >= 0.6 is 0 Å². The van der Waals surface area contributed by atoms with Crippen LogP contribution in [0.1, 0.15) is 5.82 Å². The summed E-state index contributed by atoms with van der Waals surface area (Å²) < 4.78 is 42.9. The minimum atomic E-state index is -4.35. The molecular formula is C10H9F3N4O. The molecule has 8 heteroatoms. The Hall–Kier alpha value is -2.12. The molecule has 1 aromatic heterocycles. The van der Waals surface area contributed by atoms with Crippen LogP contribution in [0.3, 0.4) is 0 Å². The summed E-state index contributed by atoms with van der Waals surface area (Å²) >= 11 is 0. The van der Waals surface area contributed by atoms with Gasteiger partial charge in [0.05, 0.1) is 12.8 Å². The van der Waals surface area contributed by atoms with E-state index in [1.54, 1.807) is 24.3 Å². The fourth-order valence-corrected chi connectivity index (χ4v) is 1.42. The Morgan fingerprint density at radius 2 is 1.89 bits per heavy atom. The highest BCUT2D eigenvalue weighted by Crippen LogP contribution is 2.21. The fraction of sp³-hybridized carbons (Fsp3) is 0.300. The largest absolute Gasteiger partial charge is 0.497 e. The van der Waals surface area contributed by atoms with Gasteiger partial charge in [-0.15, -0.1) is 5.10 Å². The third kappa shape index (κ3) is 2.76. The van der Waals surface area contributed by atoms with Crippen LogP contribution in [0, 0.1) is 0 Å². The molecule has 0 amide bonds. The van der Waals surface area contributed by atoms with Crippen molar-refractivity contribution in [2.24, 2.45) is 0 Å². The molecule has 1 heterocycles. The third-order valence-corrected chi connectivity index (χ3v) is 2.21. The molecule has 0 aliphatic rings. The quantitative estimate of drug-likeness (QED) is 0.842. The van der Waals surface area contributed by atoms with Crippen molar-refractivity contribution < 1.29 is 17.9 Å². The van der Waals surface area contributed by atoms with E-state index in [1.807, 2.05) is 0 Å². The third-order valence-electron chi connectivity index (χ3n) is 2.21. The minimum absolute atomic E-state index is 0.257. The average molecular weight is 258 g/mol. The van der Waals surface area contributed by atoms with Crippen molar-refractivity contribution in [2.75, 3.05) is 7.11 Å². The first-order chi connectivity index (χ1) is 8.49. The molecule has 0 unspecified atom stereocenters. The number of hydrogen-bond donors (Lipinski definition) is 0. The Morgan fingerprint density at radius 1 is 1.22 bits per heavy atom. The van der Waals surface area contributed by atoms with E-state index in [9.17, 15) is 13.2 Å². The maximum Gasteiger partial charge on any atom is 0.396 e. The first kappa shape index (κ1) is 12.3. The van der Waals surface area contributed by atoms with E-state index in [4.69, 9.17) is 4.74 Å². The second kappa shape index (κ2) is 4.63. The van der Waals surface area contributed by atoms with Crippen LogP contribution in [0.25, 0.3) is 5.69 Å². The lowest BCUT2D eigenvalue weighted by atomic mass is 10.3. The van der Waals surface area contributed by atoms with Gasteiger partial charge in [0.25, 0.3) is 0 Å². The van der Waals surface area contributed by atoms with Crippen molar-refractivity contribution in [1.29, 1.82) is 0 Å². The summed E-state index contributed by atoms with van der Waals surface area (Å²) in [5.41, 5.74) is 0.444. The number of tetrazole rings is 1. The zero-order valence-electron chi connectivity index (χ0n) is 9.35. The number of aromatic nitrogens is 4. The van der Waals surface area contributed by atoms with E-state index < -0.39 is 12.6 Å². The molecule has 1 aromatic carbocycles. The van der Waals surface area contributed by atoms with Gasteiger partial charge in [-0.3, -0.25) is 0 Å². The molecule has 2 aromatic rings. The number of ether oxygens (including phenoxy) is 1. The maximum atomic E-state index is 12.3. The molecule has 0 spiro atoms. The van der Waals surface area contributed by atoms with Crippen LogP contribution in [0.2, 0.25) is 0 Å². The zero-order chi connectivity index (χ0) is 13.2. The number of methoxy groups -OCH3 is 1. The van der Waals surface area contributed by atoms with Crippen molar-refractivity contribution in [3.8, 4) is 11.4 Å². The molecular weight excluding hydrogens is 249 g/mol. The Balaban J connectivity index is 2.30. The summed E-state index contributed by atoms with van der Waals surface area (Å²) in [7, 11) is 1.50. The molecule has 0 radical (unpaired) electrons. The van der Waals surface area contributed by atoms with Crippen LogP contribution in [0.4, 0.5) is 13.2 Å². The number of halogens is 3. The first-order valence-electron chi connectivity index (χ1n) is 4.98. The highest BCUT2D eigenvalue weighted by Gasteiger charge is 2.31. The summed E-state index contributed by atoms with van der Waals surface area (Å²) in [6, 6.07) is 6.40. The van der Waals surface area contributed by atoms with Crippen LogP contribution in [-0.4, -0.2) is 33.5 Å². The zero-order valence-corrected chi connectivity index (χ0v) is 9.35. The maximum absolute atomic E-state index is 12.3. The molecule has 0 bridgehead atoms. The molecule has 0 aliphatic heterocycles. The molecule has 96 valence electrons. The summed E-state index contributed by atoms with van der Waals surface area (Å²) in [6.45, 7) is 0. The minimum Gasteiger partial charge on any atom is -0.497 e. The van der Waals surface area contributed by atoms with E-state index in [1.165, 1.54) is 7.11 Å². The summed E-state index contributed by atoms with van der Waals surface area (Å²) in [4.78, 5) is 0. The lowest BCUT2D eigenvalue weighted by molar-refractivity contribution is -0.128. The van der Waals surface area contributed by atoms with Crippen LogP contribution in [0.15, 0.2) is 24.3 Å². The average Bonchev–Trinajstić information content (AvgIpc) is 2.75. The van der Waals surface area contributed by atoms with Gasteiger partial charge in [0.15, 0.2) is 5.82 Å². The summed E-state index contributed by atoms with van der Waals surface area (Å²) in [6.07, 6.45) is -5.52. The Labute approximate surface area is 100 Å². The number of benzene rings is 1. The van der Waals surface area contributed by atoms with Gasteiger partial charge in [-0.2, -0.15) is 17.9 Å².